The van der Waals surface area contributed by atoms with Gasteiger partial charge in [-0.25, -0.2) is 8.42 Å². The van der Waals surface area contributed by atoms with Crippen LogP contribution in [0.2, 0.25) is 0 Å². The molecule has 2 heterocycles. The molecule has 1 saturated heterocycles. The lowest BCUT2D eigenvalue weighted by molar-refractivity contribution is -0.142. The van der Waals surface area contributed by atoms with E-state index in [-0.39, 0.29) is 37.1 Å². The predicted molar refractivity (Wildman–Crippen MR) is 115 cm³/mol. The van der Waals surface area contributed by atoms with Crippen LogP contribution in [0, 0.1) is 0 Å². The van der Waals surface area contributed by atoms with Gasteiger partial charge < -0.3 is 19.9 Å². The Morgan fingerprint density at radius 1 is 1.19 bits per heavy atom. The highest BCUT2D eigenvalue weighted by Crippen LogP contribution is 2.47. The van der Waals surface area contributed by atoms with Crippen molar-refractivity contribution in [2.24, 2.45) is 0 Å². The minimum absolute atomic E-state index is 0.103. The van der Waals surface area contributed by atoms with Gasteiger partial charge in [-0.2, -0.15) is 0 Å². The molecule has 9 heteroatoms. The molecule has 2 aromatic rings. The normalized spacial score (nSPS) is 24.6. The van der Waals surface area contributed by atoms with Crippen LogP contribution in [-0.4, -0.2) is 50.6 Å². The first kappa shape index (κ1) is 21.6. The maximum absolute atomic E-state index is 12.5. The van der Waals surface area contributed by atoms with Crippen molar-refractivity contribution in [2.45, 2.75) is 43.6 Å². The summed E-state index contributed by atoms with van der Waals surface area (Å²) in [5, 5.41) is 12.7. The van der Waals surface area contributed by atoms with Crippen LogP contribution in [0.15, 0.2) is 48.5 Å². The predicted octanol–water partition coefficient (Wildman–Crippen LogP) is 1.76. The third-order valence-electron chi connectivity index (χ3n) is 5.55. The van der Waals surface area contributed by atoms with E-state index in [0.717, 1.165) is 17.4 Å². The highest BCUT2D eigenvalue weighted by atomic mass is 32.2. The number of fused-ring (bicyclic) bond motifs is 3. The van der Waals surface area contributed by atoms with Crippen molar-refractivity contribution < 1.29 is 27.8 Å². The van der Waals surface area contributed by atoms with Crippen molar-refractivity contribution in [3.05, 3.63) is 59.7 Å². The minimum Gasteiger partial charge on any atom is -0.487 e. The van der Waals surface area contributed by atoms with Gasteiger partial charge in [-0.05, 0) is 30.2 Å². The summed E-state index contributed by atoms with van der Waals surface area (Å²) in [4.78, 5) is 12.5. The van der Waals surface area contributed by atoms with E-state index in [1.54, 1.807) is 18.2 Å². The molecule has 0 bridgehead atoms. The summed E-state index contributed by atoms with van der Waals surface area (Å²) in [6.45, 7) is 0.208. The molecule has 4 atom stereocenters. The number of nitrogens with one attached hydrogen (secondary N) is 2. The fraction of sp³-hybridized carbons (Fsp3) is 0.409. The quantitative estimate of drug-likeness (QED) is 0.597. The number of aliphatic hydroxyl groups is 1. The maximum Gasteiger partial charge on any atom is 0.229 e. The summed E-state index contributed by atoms with van der Waals surface area (Å²) in [5.41, 5.74) is 2.32. The smallest absolute Gasteiger partial charge is 0.229 e. The van der Waals surface area contributed by atoms with Crippen LogP contribution in [0.4, 0.5) is 5.69 Å². The molecule has 2 aliphatic rings. The highest BCUT2D eigenvalue weighted by Gasteiger charge is 2.46. The van der Waals surface area contributed by atoms with Crippen molar-refractivity contribution in [2.75, 3.05) is 17.6 Å². The third kappa shape index (κ3) is 5.17. The number of amides is 1. The zero-order valence-corrected chi connectivity index (χ0v) is 18.0. The molecule has 0 aromatic heterocycles. The number of carbonyl (C=O) groups excluding carboxylic acids is 1. The summed E-state index contributed by atoms with van der Waals surface area (Å²) in [6, 6.07) is 14.8. The molecule has 2 aliphatic heterocycles. The number of hydrogen-bond acceptors (Lipinski definition) is 6. The molecule has 8 nitrogen and oxygen atoms in total. The van der Waals surface area contributed by atoms with E-state index in [1.165, 1.54) is 0 Å². The van der Waals surface area contributed by atoms with Crippen molar-refractivity contribution in [3.8, 4) is 5.75 Å². The number of ether oxygens (including phenoxy) is 2. The van der Waals surface area contributed by atoms with Crippen LogP contribution in [0.5, 0.6) is 5.75 Å². The summed E-state index contributed by atoms with van der Waals surface area (Å²) in [7, 11) is -3.40. The van der Waals surface area contributed by atoms with Gasteiger partial charge in [0.25, 0.3) is 0 Å². The number of hydrogen-bond donors (Lipinski definition) is 3. The number of sulfonamides is 1. The molecule has 1 fully saturated rings. The van der Waals surface area contributed by atoms with E-state index in [1.807, 2.05) is 30.3 Å². The molecule has 31 heavy (non-hydrogen) atoms. The summed E-state index contributed by atoms with van der Waals surface area (Å²) in [6.07, 6.45) is 0.481. The van der Waals surface area contributed by atoms with Crippen molar-refractivity contribution in [1.29, 1.82) is 0 Å². The number of aliphatic hydroxyl groups excluding tert-OH is 1. The van der Waals surface area contributed by atoms with Gasteiger partial charge in [0.05, 0.1) is 25.4 Å². The molecule has 1 amide bonds. The molecule has 0 aliphatic carbocycles. The number of carbonyl (C=O) groups is 1. The Balaban J connectivity index is 1.45. The lowest BCUT2D eigenvalue weighted by Crippen LogP contribution is -2.47. The largest absolute Gasteiger partial charge is 0.487 e. The Morgan fingerprint density at radius 3 is 2.68 bits per heavy atom. The Kier molecular flexibility index (Phi) is 6.17. The van der Waals surface area contributed by atoms with Crippen LogP contribution in [0.1, 0.15) is 29.9 Å². The molecule has 0 unspecified atom stereocenters. The van der Waals surface area contributed by atoms with Crippen LogP contribution >= 0.6 is 0 Å². The number of benzene rings is 2. The van der Waals surface area contributed by atoms with Gasteiger partial charge in [-0.1, -0.05) is 30.3 Å². The monoisotopic (exact) mass is 446 g/mol. The Bertz CT molecular complexity index is 1040. The van der Waals surface area contributed by atoms with Crippen LogP contribution in [-0.2, 0) is 26.1 Å². The van der Waals surface area contributed by atoms with Crippen molar-refractivity contribution >= 4 is 21.6 Å². The minimum atomic E-state index is -3.40. The second kappa shape index (κ2) is 8.86. The van der Waals surface area contributed by atoms with Crippen LogP contribution in [0.3, 0.4) is 0 Å². The lowest BCUT2D eigenvalue weighted by Gasteiger charge is -2.37. The van der Waals surface area contributed by atoms with E-state index in [9.17, 15) is 18.3 Å². The van der Waals surface area contributed by atoms with Gasteiger partial charge in [0.2, 0.25) is 15.9 Å². The van der Waals surface area contributed by atoms with E-state index in [0.29, 0.717) is 24.4 Å². The molecule has 2 aromatic carbocycles. The van der Waals surface area contributed by atoms with Crippen molar-refractivity contribution in [1.82, 2.24) is 5.32 Å². The fourth-order valence-corrected chi connectivity index (χ4v) is 4.80. The second-order valence-corrected chi connectivity index (χ2v) is 9.75. The first-order chi connectivity index (χ1) is 14.8. The van der Waals surface area contributed by atoms with Crippen LogP contribution in [0.25, 0.3) is 0 Å². The van der Waals surface area contributed by atoms with Gasteiger partial charge in [-0.3, -0.25) is 9.52 Å². The molecular weight excluding hydrogens is 420 g/mol. The topological polar surface area (TPSA) is 114 Å². The first-order valence-electron chi connectivity index (χ1n) is 10.2. The Morgan fingerprint density at radius 2 is 1.97 bits per heavy atom. The summed E-state index contributed by atoms with van der Waals surface area (Å²) in [5.74, 6) is 0.412. The zero-order valence-electron chi connectivity index (χ0n) is 17.2. The molecule has 0 radical (unpaired) electrons. The lowest BCUT2D eigenvalue weighted by atomic mass is 9.84. The maximum atomic E-state index is 12.5. The van der Waals surface area contributed by atoms with E-state index >= 15 is 0 Å². The van der Waals surface area contributed by atoms with E-state index in [2.05, 4.69) is 10.0 Å². The van der Waals surface area contributed by atoms with Crippen LogP contribution < -0.4 is 14.8 Å². The summed E-state index contributed by atoms with van der Waals surface area (Å²) >= 11 is 0. The molecular formula is C22H26N2O6S. The third-order valence-corrected chi connectivity index (χ3v) is 6.15. The van der Waals surface area contributed by atoms with Gasteiger partial charge in [-0.15, -0.1) is 0 Å². The SMILES string of the molecule is CS(=O)(=O)Nc1ccc2c(c1)[C@@H]1C[C@H](CC(=O)NCc3ccccc3)O[C@@H](CO)[C@@H]1O2. The first-order valence-corrected chi connectivity index (χ1v) is 12.1. The van der Waals surface area contributed by atoms with Crippen molar-refractivity contribution in [3.63, 3.8) is 0 Å². The Labute approximate surface area is 181 Å². The average molecular weight is 447 g/mol. The fourth-order valence-electron chi connectivity index (χ4n) is 4.24. The average Bonchev–Trinajstić information content (AvgIpc) is 3.09. The van der Waals surface area contributed by atoms with Gasteiger partial charge in [0.1, 0.15) is 18.0 Å². The zero-order chi connectivity index (χ0) is 22.0. The molecule has 166 valence electrons. The Hall–Kier alpha value is -2.62. The van der Waals surface area contributed by atoms with E-state index < -0.39 is 16.1 Å². The molecule has 0 spiro atoms. The standard InChI is InChI=1S/C22H26N2O6S/c1-31(27,28)24-15-7-8-19-17(9-15)18-10-16(29-20(13-25)22(18)30-19)11-21(26)23-12-14-5-3-2-4-6-14/h2-9,16,18,20,22,24-25H,10-13H2,1H3,(H,23,26)/t16-,18+,20+,22-/m1/s1. The number of anilines is 1. The molecule has 3 N–H and O–H groups in total. The van der Waals surface area contributed by atoms with Gasteiger partial charge >= 0.3 is 0 Å². The molecule has 4 rings (SSSR count). The second-order valence-electron chi connectivity index (χ2n) is 8.00. The molecule has 0 saturated carbocycles. The highest BCUT2D eigenvalue weighted by molar-refractivity contribution is 7.92. The van der Waals surface area contributed by atoms with Gasteiger partial charge in [0.15, 0.2) is 0 Å². The summed E-state index contributed by atoms with van der Waals surface area (Å²) < 4.78 is 37.6. The van der Waals surface area contributed by atoms with E-state index in [4.69, 9.17) is 9.47 Å². The number of rotatable bonds is 7. The van der Waals surface area contributed by atoms with Gasteiger partial charge in [0, 0.05) is 23.7 Å².